The summed E-state index contributed by atoms with van der Waals surface area (Å²) in [6.07, 6.45) is 0. The first-order valence-electron chi connectivity index (χ1n) is 7.18. The molecule has 0 aliphatic rings. The highest BCUT2D eigenvalue weighted by molar-refractivity contribution is 7.92. The van der Waals surface area contributed by atoms with Crippen LogP contribution in [0.5, 0.6) is 5.75 Å². The van der Waals surface area contributed by atoms with Gasteiger partial charge in [-0.3, -0.25) is 19.6 Å². The number of thiazole rings is 1. The van der Waals surface area contributed by atoms with Gasteiger partial charge >= 0.3 is 4.87 Å². The lowest BCUT2D eigenvalue weighted by Gasteiger charge is -2.11. The molecule has 3 aromatic rings. The molecule has 0 spiro atoms. The fourth-order valence-corrected chi connectivity index (χ4v) is 4.45. The maximum Gasteiger partial charge on any atom is 0.307 e. The number of aryl methyl sites for hydroxylation is 1. The molecule has 0 bridgehead atoms. The van der Waals surface area contributed by atoms with E-state index in [4.69, 9.17) is 4.74 Å². The maximum absolute atomic E-state index is 12.7. The highest BCUT2D eigenvalue weighted by Gasteiger charge is 2.20. The van der Waals surface area contributed by atoms with E-state index < -0.39 is 14.9 Å². The molecule has 0 amide bonds. The van der Waals surface area contributed by atoms with Crippen molar-refractivity contribution in [2.24, 2.45) is 7.05 Å². The third-order valence-corrected chi connectivity index (χ3v) is 6.07. The van der Waals surface area contributed by atoms with Crippen molar-refractivity contribution in [2.75, 3.05) is 11.8 Å². The third-order valence-electron chi connectivity index (χ3n) is 3.71. The van der Waals surface area contributed by atoms with Crippen LogP contribution in [0.2, 0.25) is 0 Å². The van der Waals surface area contributed by atoms with Crippen molar-refractivity contribution in [1.82, 2.24) is 4.57 Å². The molecule has 0 aliphatic heterocycles. The summed E-state index contributed by atoms with van der Waals surface area (Å²) in [5.74, 6) is 0.143. The Kier molecular flexibility index (Phi) is 4.42. The van der Waals surface area contributed by atoms with E-state index >= 15 is 0 Å². The Morgan fingerprint density at radius 2 is 1.96 bits per heavy atom. The number of hydrogen-bond donors (Lipinski definition) is 1. The lowest BCUT2D eigenvalue weighted by molar-refractivity contribution is -0.384. The van der Waals surface area contributed by atoms with Gasteiger partial charge in [-0.15, -0.1) is 0 Å². The van der Waals surface area contributed by atoms with Crippen molar-refractivity contribution in [3.05, 3.63) is 56.2 Å². The average Bonchev–Trinajstić information content (AvgIpc) is 2.88. The van der Waals surface area contributed by atoms with E-state index in [9.17, 15) is 23.3 Å². The summed E-state index contributed by atoms with van der Waals surface area (Å²) < 4.78 is 34.6. The summed E-state index contributed by atoms with van der Waals surface area (Å²) in [7, 11) is -1.12. The summed E-state index contributed by atoms with van der Waals surface area (Å²) in [5, 5.41) is 10.9. The number of aromatic nitrogens is 1. The van der Waals surface area contributed by atoms with E-state index in [1.54, 1.807) is 7.05 Å². The van der Waals surface area contributed by atoms with Gasteiger partial charge in [-0.25, -0.2) is 8.42 Å². The van der Waals surface area contributed by atoms with Crippen LogP contribution in [0, 0.1) is 10.1 Å². The van der Waals surface area contributed by atoms with Gasteiger partial charge in [-0.05, 0) is 24.3 Å². The number of anilines is 1. The van der Waals surface area contributed by atoms with Gasteiger partial charge in [0, 0.05) is 19.2 Å². The zero-order chi connectivity index (χ0) is 19.1. The van der Waals surface area contributed by atoms with Gasteiger partial charge in [0.05, 0.1) is 32.8 Å². The number of non-ortho nitro benzene ring substituents is 1. The number of hydrogen-bond acceptors (Lipinski definition) is 7. The van der Waals surface area contributed by atoms with Crippen molar-refractivity contribution in [3.63, 3.8) is 0 Å². The number of nitrogens with zero attached hydrogens (tertiary/aromatic N) is 2. The molecule has 0 aliphatic carbocycles. The standard InChI is InChI=1S/C15H13N3O6S2/c1-17-12-5-4-10(8-14(12)25-15(17)19)26(22,23)16-11-7-9(18(20)21)3-6-13(11)24-2/h3-8,16H,1-2H3. The molecule has 0 saturated carbocycles. The molecule has 136 valence electrons. The second-order valence-corrected chi connectivity index (χ2v) is 7.98. The molecule has 11 heteroatoms. The summed E-state index contributed by atoms with van der Waals surface area (Å²) in [5.41, 5.74) is 0.287. The Morgan fingerprint density at radius 1 is 1.23 bits per heavy atom. The minimum absolute atomic E-state index is 0.0527. The molecule has 2 aromatic carbocycles. The van der Waals surface area contributed by atoms with Crippen LogP contribution in [0.25, 0.3) is 10.2 Å². The first-order valence-corrected chi connectivity index (χ1v) is 9.48. The largest absolute Gasteiger partial charge is 0.495 e. The van der Waals surface area contributed by atoms with Crippen molar-refractivity contribution in [3.8, 4) is 5.75 Å². The minimum atomic E-state index is -4.04. The minimum Gasteiger partial charge on any atom is -0.495 e. The number of fused-ring (bicyclic) bond motifs is 1. The monoisotopic (exact) mass is 395 g/mol. The van der Waals surface area contributed by atoms with E-state index in [1.165, 1.54) is 42.0 Å². The van der Waals surface area contributed by atoms with Crippen LogP contribution >= 0.6 is 11.3 Å². The Labute approximate surface area is 151 Å². The quantitative estimate of drug-likeness (QED) is 0.523. The number of benzene rings is 2. The molecule has 1 aromatic heterocycles. The van der Waals surface area contributed by atoms with Crippen molar-refractivity contribution >= 4 is 43.0 Å². The van der Waals surface area contributed by atoms with Crippen LogP contribution in [-0.4, -0.2) is 25.0 Å². The van der Waals surface area contributed by atoms with E-state index in [0.29, 0.717) is 10.2 Å². The smallest absolute Gasteiger partial charge is 0.307 e. The molecule has 0 atom stereocenters. The third kappa shape index (κ3) is 3.13. The molecule has 3 rings (SSSR count). The van der Waals surface area contributed by atoms with Crippen molar-refractivity contribution < 1.29 is 18.1 Å². The van der Waals surface area contributed by atoms with Gasteiger partial charge in [0.2, 0.25) is 0 Å². The van der Waals surface area contributed by atoms with E-state index in [1.807, 2.05) is 0 Å². The van der Waals surface area contributed by atoms with Crippen LogP contribution in [-0.2, 0) is 17.1 Å². The molecule has 0 fully saturated rings. The first kappa shape index (κ1) is 17.9. The first-order chi connectivity index (χ1) is 12.2. The average molecular weight is 395 g/mol. The Morgan fingerprint density at radius 3 is 2.62 bits per heavy atom. The molecule has 0 radical (unpaired) electrons. The molecule has 1 heterocycles. The van der Waals surface area contributed by atoms with Gasteiger partial charge < -0.3 is 9.30 Å². The van der Waals surface area contributed by atoms with Crippen LogP contribution in [0.3, 0.4) is 0 Å². The van der Waals surface area contributed by atoms with Crippen molar-refractivity contribution in [1.29, 1.82) is 0 Å². The van der Waals surface area contributed by atoms with Gasteiger partial charge in [-0.2, -0.15) is 0 Å². The maximum atomic E-state index is 12.7. The predicted octanol–water partition coefficient (Wildman–Crippen LogP) is 2.32. The van der Waals surface area contributed by atoms with E-state index in [0.717, 1.165) is 17.4 Å². The molecule has 0 saturated heterocycles. The van der Waals surface area contributed by atoms with Gasteiger partial charge in [-0.1, -0.05) is 11.3 Å². The van der Waals surface area contributed by atoms with Crippen LogP contribution in [0.4, 0.5) is 11.4 Å². The molecule has 0 unspecified atom stereocenters. The molecular weight excluding hydrogens is 382 g/mol. The van der Waals surface area contributed by atoms with Gasteiger partial charge in [0.15, 0.2) is 0 Å². The zero-order valence-corrected chi connectivity index (χ0v) is 15.3. The summed E-state index contributed by atoms with van der Waals surface area (Å²) in [6.45, 7) is 0. The number of nitrogens with one attached hydrogen (secondary N) is 1. The molecule has 26 heavy (non-hydrogen) atoms. The molecular formula is C15H13N3O6S2. The second-order valence-electron chi connectivity index (χ2n) is 5.30. The van der Waals surface area contributed by atoms with E-state index in [2.05, 4.69) is 4.72 Å². The highest BCUT2D eigenvalue weighted by atomic mass is 32.2. The Hall–Kier alpha value is -2.92. The fourth-order valence-electron chi connectivity index (χ4n) is 2.37. The second kappa shape index (κ2) is 6.42. The van der Waals surface area contributed by atoms with Gasteiger partial charge in [0.1, 0.15) is 5.75 Å². The normalized spacial score (nSPS) is 11.5. The highest BCUT2D eigenvalue weighted by Crippen LogP contribution is 2.31. The van der Waals surface area contributed by atoms with Crippen molar-refractivity contribution in [2.45, 2.75) is 4.90 Å². The molecule has 1 N–H and O–H groups in total. The van der Waals surface area contributed by atoms with Crippen LogP contribution in [0.15, 0.2) is 46.1 Å². The number of methoxy groups -OCH3 is 1. The molecule has 9 nitrogen and oxygen atoms in total. The van der Waals surface area contributed by atoms with Gasteiger partial charge in [0.25, 0.3) is 15.7 Å². The van der Waals surface area contributed by atoms with Crippen LogP contribution in [0.1, 0.15) is 0 Å². The van der Waals surface area contributed by atoms with E-state index in [-0.39, 0.29) is 26.9 Å². The number of sulfonamides is 1. The fraction of sp³-hybridized carbons (Fsp3) is 0.133. The summed E-state index contributed by atoms with van der Waals surface area (Å²) in [6, 6.07) is 7.88. The Balaban J connectivity index is 2.05. The zero-order valence-electron chi connectivity index (χ0n) is 13.6. The number of nitro benzene ring substituents is 1. The number of rotatable bonds is 5. The summed E-state index contributed by atoms with van der Waals surface area (Å²) >= 11 is 0.931. The van der Waals surface area contributed by atoms with Crippen LogP contribution < -0.4 is 14.3 Å². The number of ether oxygens (including phenoxy) is 1. The Bertz CT molecular complexity index is 1180. The lowest BCUT2D eigenvalue weighted by atomic mass is 10.2. The lowest BCUT2D eigenvalue weighted by Crippen LogP contribution is -2.14. The predicted molar refractivity (Wildman–Crippen MR) is 97.5 cm³/mol. The SMILES string of the molecule is COc1ccc([N+](=O)[O-])cc1NS(=O)(=O)c1ccc2c(c1)sc(=O)n2C. The number of nitro groups is 1. The topological polar surface area (TPSA) is 121 Å². The summed E-state index contributed by atoms with van der Waals surface area (Å²) in [4.78, 5) is 21.7.